The minimum Gasteiger partial charge on any atom is -0.483 e. The Labute approximate surface area is 173 Å². The lowest BCUT2D eigenvalue weighted by atomic mass is 9.73. The second-order valence-electron chi connectivity index (χ2n) is 8.74. The fourth-order valence-electron chi connectivity index (χ4n) is 5.36. The molecule has 3 fully saturated rings. The van der Waals surface area contributed by atoms with E-state index in [4.69, 9.17) is 14.6 Å². The molecular weight excluding hydrogens is 370 g/mol. The summed E-state index contributed by atoms with van der Waals surface area (Å²) in [5, 5.41) is 6.89. The summed E-state index contributed by atoms with van der Waals surface area (Å²) in [6, 6.07) is 4.08. The maximum absolute atomic E-state index is 12.7. The van der Waals surface area contributed by atoms with Crippen LogP contribution in [0.5, 0.6) is 0 Å². The molecule has 0 saturated carbocycles. The second-order valence-corrected chi connectivity index (χ2v) is 8.74. The van der Waals surface area contributed by atoms with Crippen molar-refractivity contribution in [1.82, 2.24) is 14.8 Å². The van der Waals surface area contributed by atoms with Gasteiger partial charge in [0, 0.05) is 43.7 Å². The number of fused-ring (bicyclic) bond motifs is 1. The van der Waals surface area contributed by atoms with Crippen molar-refractivity contribution >= 4 is 12.4 Å². The molecule has 0 unspecified atom stereocenters. The molecule has 0 radical (unpaired) electrons. The van der Waals surface area contributed by atoms with Crippen LogP contribution in [0.15, 0.2) is 24.5 Å². The van der Waals surface area contributed by atoms with Gasteiger partial charge in [0.25, 0.3) is 6.47 Å². The molecule has 1 aromatic heterocycles. The van der Waals surface area contributed by atoms with Crippen LogP contribution in [0.1, 0.15) is 37.7 Å². The van der Waals surface area contributed by atoms with Crippen molar-refractivity contribution in [1.29, 1.82) is 0 Å². The molecule has 29 heavy (non-hydrogen) atoms. The molecule has 4 rings (SSSR count). The first-order valence-electron chi connectivity index (χ1n) is 10.6. The third-order valence-corrected chi connectivity index (χ3v) is 6.54. The number of aromatic nitrogens is 1. The van der Waals surface area contributed by atoms with Gasteiger partial charge in [-0.1, -0.05) is 6.07 Å². The fraction of sp³-hybridized carbons (Fsp3) is 0.682. The van der Waals surface area contributed by atoms with Gasteiger partial charge in [0.2, 0.25) is 5.91 Å². The molecule has 7 nitrogen and oxygen atoms in total. The van der Waals surface area contributed by atoms with E-state index in [-0.39, 0.29) is 12.1 Å². The highest BCUT2D eigenvalue weighted by Gasteiger charge is 2.63. The Morgan fingerprint density at radius 2 is 2.24 bits per heavy atom. The molecule has 160 valence electrons. The Bertz CT molecular complexity index is 684. The number of ether oxygens (including phenoxy) is 1. The topological polar surface area (TPSA) is 83.0 Å². The van der Waals surface area contributed by atoms with Gasteiger partial charge in [0.15, 0.2) is 0 Å². The number of amides is 1. The predicted octanol–water partition coefficient (Wildman–Crippen LogP) is 2.06. The molecule has 1 aromatic rings. The lowest BCUT2D eigenvalue weighted by Gasteiger charge is -2.30. The van der Waals surface area contributed by atoms with Crippen molar-refractivity contribution in [3.8, 4) is 0 Å². The molecule has 4 heterocycles. The van der Waals surface area contributed by atoms with Crippen LogP contribution in [0, 0.1) is 11.8 Å². The van der Waals surface area contributed by atoms with Crippen LogP contribution in [0.3, 0.4) is 0 Å². The van der Waals surface area contributed by atoms with E-state index in [9.17, 15) is 4.79 Å². The second kappa shape index (κ2) is 9.67. The molecule has 3 saturated heterocycles. The number of hydrogen-bond donors (Lipinski definition) is 1. The number of unbranched alkanes of at least 4 members (excludes halogenated alkanes) is 1. The zero-order valence-corrected chi connectivity index (χ0v) is 17.5. The fourth-order valence-corrected chi connectivity index (χ4v) is 5.36. The lowest BCUT2D eigenvalue weighted by Crippen LogP contribution is -2.40. The van der Waals surface area contributed by atoms with Crippen molar-refractivity contribution in [2.24, 2.45) is 11.8 Å². The average molecular weight is 404 g/mol. The molecule has 1 amide bonds. The third kappa shape index (κ3) is 4.95. The quantitative estimate of drug-likeness (QED) is 0.554. The minimum absolute atomic E-state index is 0.0310. The van der Waals surface area contributed by atoms with Crippen LogP contribution in [0.25, 0.3) is 0 Å². The zero-order valence-electron chi connectivity index (χ0n) is 17.5. The maximum atomic E-state index is 12.7. The third-order valence-electron chi connectivity index (χ3n) is 6.54. The summed E-state index contributed by atoms with van der Waals surface area (Å²) < 4.78 is 6.43. The molecule has 0 aliphatic carbocycles. The molecule has 2 bridgehead atoms. The molecule has 3 aliphatic rings. The van der Waals surface area contributed by atoms with E-state index in [0.717, 1.165) is 45.3 Å². The summed E-state index contributed by atoms with van der Waals surface area (Å²) in [5.74, 6) is 1.43. The normalized spacial score (nSPS) is 29.5. The Morgan fingerprint density at radius 3 is 2.93 bits per heavy atom. The van der Waals surface area contributed by atoms with E-state index >= 15 is 0 Å². The summed E-state index contributed by atoms with van der Waals surface area (Å²) in [6.07, 6.45) is 10.1. The number of likely N-dealkylation sites (tertiary alicyclic amines) is 1. The monoisotopic (exact) mass is 403 g/mol. The number of carbonyl (C=O) groups excluding carboxylic acids is 1. The van der Waals surface area contributed by atoms with Gasteiger partial charge in [-0.2, -0.15) is 0 Å². The van der Waals surface area contributed by atoms with E-state index in [1.54, 1.807) is 6.20 Å². The van der Waals surface area contributed by atoms with Gasteiger partial charge in [0.05, 0.1) is 18.2 Å². The summed E-state index contributed by atoms with van der Waals surface area (Å²) in [5.41, 5.74) is 1.22. The first-order chi connectivity index (χ1) is 14.0. The number of carbonyl (C=O) groups is 2. The first kappa shape index (κ1) is 21.7. The molecule has 4 atom stereocenters. The minimum atomic E-state index is -0.250. The van der Waals surface area contributed by atoms with Crippen molar-refractivity contribution in [2.75, 3.05) is 33.7 Å². The Morgan fingerprint density at radius 1 is 1.45 bits per heavy atom. The average Bonchev–Trinajstić information content (AvgIpc) is 3.36. The predicted molar refractivity (Wildman–Crippen MR) is 109 cm³/mol. The first-order valence-corrected chi connectivity index (χ1v) is 10.6. The van der Waals surface area contributed by atoms with Crippen molar-refractivity contribution in [3.05, 3.63) is 30.1 Å². The Balaban J connectivity index is 0.000000755. The van der Waals surface area contributed by atoms with Gasteiger partial charge >= 0.3 is 0 Å². The molecule has 1 spiro atoms. The van der Waals surface area contributed by atoms with Crippen LogP contribution in [-0.4, -0.2) is 77.7 Å². The number of carboxylic acid groups (broad SMARTS) is 1. The SMILES string of the molecule is CN(C)C[C@H]1[C@H]2CN(C(=O)CCCCc3cccnc3)C[C@]23CC[C@H]1O3.O=CO. The van der Waals surface area contributed by atoms with Gasteiger partial charge in [0.1, 0.15) is 0 Å². The number of pyridine rings is 1. The van der Waals surface area contributed by atoms with E-state index < -0.39 is 0 Å². The van der Waals surface area contributed by atoms with E-state index in [1.807, 2.05) is 12.3 Å². The molecule has 0 aromatic carbocycles. The molecule has 1 N–H and O–H groups in total. The van der Waals surface area contributed by atoms with Crippen molar-refractivity contribution in [3.63, 3.8) is 0 Å². The largest absolute Gasteiger partial charge is 0.483 e. The highest BCUT2D eigenvalue weighted by Crippen LogP contribution is 2.54. The smallest absolute Gasteiger partial charge is 0.290 e. The van der Waals surface area contributed by atoms with Gasteiger partial charge in [-0.15, -0.1) is 0 Å². The van der Waals surface area contributed by atoms with E-state index in [0.29, 0.717) is 30.3 Å². The number of rotatable bonds is 7. The van der Waals surface area contributed by atoms with Crippen LogP contribution < -0.4 is 0 Å². The summed E-state index contributed by atoms with van der Waals surface area (Å²) in [4.78, 5) is 29.6. The standard InChI is InChI=1S/C21H31N3O2.CH2O2/c1-23(2)13-17-18-14-24(15-21(18)10-9-19(17)26-21)20(25)8-4-3-6-16-7-5-11-22-12-16;2-1-3/h5,7,11-12,17-19H,3-4,6,8-10,13-15H2,1-2H3;1H,(H,2,3)/t17-,18+,19+,21+;/m0./s1. The zero-order chi connectivity index (χ0) is 20.9. The van der Waals surface area contributed by atoms with E-state index in [2.05, 4.69) is 34.9 Å². The van der Waals surface area contributed by atoms with Gasteiger partial charge in [-0.05, 0) is 57.8 Å². The van der Waals surface area contributed by atoms with Gasteiger partial charge in [-0.25, -0.2) is 0 Å². The van der Waals surface area contributed by atoms with Crippen molar-refractivity contribution in [2.45, 2.75) is 50.2 Å². The van der Waals surface area contributed by atoms with Gasteiger partial charge in [-0.3, -0.25) is 14.6 Å². The van der Waals surface area contributed by atoms with Crippen LogP contribution in [-0.2, 0) is 20.7 Å². The van der Waals surface area contributed by atoms with Crippen molar-refractivity contribution < 1.29 is 19.4 Å². The van der Waals surface area contributed by atoms with Crippen LogP contribution in [0.2, 0.25) is 0 Å². The highest BCUT2D eigenvalue weighted by molar-refractivity contribution is 5.76. The summed E-state index contributed by atoms with van der Waals surface area (Å²) in [6.45, 7) is 2.54. The summed E-state index contributed by atoms with van der Waals surface area (Å²) in [7, 11) is 4.28. The number of aryl methyl sites for hydroxylation is 1. The van der Waals surface area contributed by atoms with E-state index in [1.165, 1.54) is 12.0 Å². The summed E-state index contributed by atoms with van der Waals surface area (Å²) >= 11 is 0. The highest BCUT2D eigenvalue weighted by atomic mass is 16.5. The van der Waals surface area contributed by atoms with Crippen LogP contribution in [0.4, 0.5) is 0 Å². The Kier molecular flexibility index (Phi) is 7.24. The molecule has 7 heteroatoms. The maximum Gasteiger partial charge on any atom is 0.290 e. The molecule has 3 aliphatic heterocycles. The van der Waals surface area contributed by atoms with Crippen LogP contribution >= 0.6 is 0 Å². The lowest BCUT2D eigenvalue weighted by molar-refractivity contribution is -0.132. The number of hydrogen-bond acceptors (Lipinski definition) is 5. The number of nitrogens with zero attached hydrogens (tertiary/aromatic N) is 3. The molecular formula is C22H33N3O4. The van der Waals surface area contributed by atoms with Gasteiger partial charge < -0.3 is 19.6 Å². The Hall–Kier alpha value is -1.99.